The third-order valence-corrected chi connectivity index (χ3v) is 4.86. The molecule has 1 aliphatic rings. The van der Waals surface area contributed by atoms with E-state index in [1.54, 1.807) is 10.9 Å². The third kappa shape index (κ3) is 3.61. The van der Waals surface area contributed by atoms with Crippen LogP contribution in [0.15, 0.2) is 11.1 Å². The highest BCUT2D eigenvalue weighted by Gasteiger charge is 2.27. The normalized spacial score (nSPS) is 19.7. The zero-order valence-electron chi connectivity index (χ0n) is 12.4. The fourth-order valence-electron chi connectivity index (χ4n) is 2.99. The van der Waals surface area contributed by atoms with Gasteiger partial charge in [-0.25, -0.2) is 4.98 Å². The van der Waals surface area contributed by atoms with Gasteiger partial charge in [0.2, 0.25) is 5.95 Å². The number of aromatic nitrogens is 4. The van der Waals surface area contributed by atoms with Crippen LogP contribution in [0.25, 0.3) is 11.2 Å². The molecule has 0 amide bonds. The highest BCUT2D eigenvalue weighted by atomic mass is 31.2. The van der Waals surface area contributed by atoms with Crippen LogP contribution >= 0.6 is 7.60 Å². The second-order valence-corrected chi connectivity index (χ2v) is 7.52. The summed E-state index contributed by atoms with van der Waals surface area (Å²) in [6, 6.07) is 0.126. The van der Waals surface area contributed by atoms with Crippen molar-refractivity contribution in [3.8, 4) is 0 Å². The van der Waals surface area contributed by atoms with Crippen molar-refractivity contribution in [2.45, 2.75) is 25.4 Å². The Morgan fingerprint density at radius 3 is 3.00 bits per heavy atom. The number of likely N-dealkylation sites (tertiary alicyclic amines) is 1. The molecular weight excluding hydrogens is 323 g/mol. The predicted molar refractivity (Wildman–Crippen MR) is 84.1 cm³/mol. The summed E-state index contributed by atoms with van der Waals surface area (Å²) in [5, 5.41) is 0. The van der Waals surface area contributed by atoms with E-state index in [1.807, 2.05) is 0 Å². The van der Waals surface area contributed by atoms with E-state index in [1.165, 1.54) is 0 Å². The molecule has 0 aliphatic carbocycles. The number of imidazole rings is 1. The molecule has 0 spiro atoms. The monoisotopic (exact) mass is 342 g/mol. The first-order chi connectivity index (χ1) is 10.8. The summed E-state index contributed by atoms with van der Waals surface area (Å²) < 4.78 is 12.8. The molecule has 5 N–H and O–H groups in total. The lowest BCUT2D eigenvalue weighted by Crippen LogP contribution is -2.35. The number of anilines is 1. The van der Waals surface area contributed by atoms with Crippen LogP contribution in [0.2, 0.25) is 0 Å². The lowest BCUT2D eigenvalue weighted by molar-refractivity contribution is 0.241. The summed E-state index contributed by atoms with van der Waals surface area (Å²) in [5.41, 5.74) is 5.86. The van der Waals surface area contributed by atoms with E-state index in [2.05, 4.69) is 19.9 Å². The van der Waals surface area contributed by atoms with Gasteiger partial charge < -0.3 is 20.1 Å². The molecule has 2 aromatic rings. The molecule has 1 fully saturated rings. The van der Waals surface area contributed by atoms with E-state index in [0.717, 1.165) is 19.4 Å². The first-order valence-electron chi connectivity index (χ1n) is 7.33. The zero-order chi connectivity index (χ0) is 16.6. The van der Waals surface area contributed by atoms with Crippen LogP contribution in [0, 0.1) is 0 Å². The summed E-state index contributed by atoms with van der Waals surface area (Å²) in [7, 11) is -4.00. The van der Waals surface area contributed by atoms with E-state index in [0.29, 0.717) is 18.7 Å². The van der Waals surface area contributed by atoms with Gasteiger partial charge in [-0.05, 0) is 19.4 Å². The van der Waals surface area contributed by atoms with Crippen LogP contribution in [0.4, 0.5) is 5.95 Å². The highest BCUT2D eigenvalue weighted by molar-refractivity contribution is 7.51. The van der Waals surface area contributed by atoms with Crippen molar-refractivity contribution in [1.82, 2.24) is 24.4 Å². The molecule has 0 bridgehead atoms. The van der Waals surface area contributed by atoms with E-state index < -0.39 is 7.60 Å². The summed E-state index contributed by atoms with van der Waals surface area (Å²) in [6.45, 7) is 1.69. The minimum Gasteiger partial charge on any atom is -0.369 e. The SMILES string of the molecule is Nc1nc2c(ncn2C[C@H]2CCCN2CCP(=O)(O)O)c(=O)[nH]1. The van der Waals surface area contributed by atoms with Crippen LogP contribution in [-0.4, -0.2) is 59.5 Å². The predicted octanol–water partition coefficient (Wildman–Crippen LogP) is -0.656. The van der Waals surface area contributed by atoms with E-state index in [4.69, 9.17) is 15.5 Å². The molecule has 0 saturated carbocycles. The van der Waals surface area contributed by atoms with Crippen molar-refractivity contribution in [2.24, 2.45) is 0 Å². The molecule has 0 radical (unpaired) electrons. The van der Waals surface area contributed by atoms with Crippen molar-refractivity contribution in [3.05, 3.63) is 16.7 Å². The number of nitrogens with one attached hydrogen (secondary N) is 1. The minimum atomic E-state index is -4.00. The van der Waals surface area contributed by atoms with Crippen LogP contribution in [0.3, 0.4) is 0 Å². The van der Waals surface area contributed by atoms with Gasteiger partial charge in [-0.3, -0.25) is 19.2 Å². The van der Waals surface area contributed by atoms with E-state index in [9.17, 15) is 9.36 Å². The summed E-state index contributed by atoms with van der Waals surface area (Å²) in [4.78, 5) is 42.5. The fraction of sp³-hybridized carbons (Fsp3) is 0.583. The van der Waals surface area contributed by atoms with Gasteiger partial charge >= 0.3 is 7.60 Å². The molecule has 1 atom stereocenters. The number of rotatable bonds is 5. The van der Waals surface area contributed by atoms with Gasteiger partial charge in [0, 0.05) is 19.1 Å². The average Bonchev–Trinajstić information content (AvgIpc) is 3.04. The topological polar surface area (TPSA) is 150 Å². The average molecular weight is 342 g/mol. The summed E-state index contributed by atoms with van der Waals surface area (Å²) >= 11 is 0. The van der Waals surface area contributed by atoms with Gasteiger partial charge in [-0.1, -0.05) is 0 Å². The Kier molecular flexibility index (Phi) is 4.24. The first-order valence-corrected chi connectivity index (χ1v) is 9.12. The molecule has 3 rings (SSSR count). The lowest BCUT2D eigenvalue weighted by atomic mass is 10.2. The van der Waals surface area contributed by atoms with Crippen LogP contribution in [0.1, 0.15) is 12.8 Å². The van der Waals surface area contributed by atoms with Gasteiger partial charge in [-0.2, -0.15) is 4.98 Å². The molecule has 0 unspecified atom stereocenters. The maximum Gasteiger partial charge on any atom is 0.326 e. The zero-order valence-corrected chi connectivity index (χ0v) is 13.3. The first kappa shape index (κ1) is 16.1. The van der Waals surface area contributed by atoms with Gasteiger partial charge in [0.25, 0.3) is 5.56 Å². The molecule has 11 heteroatoms. The molecule has 0 aromatic carbocycles. The Morgan fingerprint density at radius 1 is 1.48 bits per heavy atom. The quantitative estimate of drug-likeness (QED) is 0.523. The molecule has 2 aromatic heterocycles. The molecule has 1 saturated heterocycles. The Balaban J connectivity index is 1.78. The Hall–Kier alpha value is -1.74. The van der Waals surface area contributed by atoms with Gasteiger partial charge in [-0.15, -0.1) is 0 Å². The van der Waals surface area contributed by atoms with Crippen molar-refractivity contribution in [2.75, 3.05) is 25.0 Å². The number of aromatic amines is 1. The summed E-state index contributed by atoms with van der Waals surface area (Å²) in [5.74, 6) is 0.0361. The molecule has 23 heavy (non-hydrogen) atoms. The third-order valence-electron chi connectivity index (χ3n) is 4.08. The molecule has 10 nitrogen and oxygen atoms in total. The number of nitrogen functional groups attached to an aromatic ring is 1. The van der Waals surface area contributed by atoms with Gasteiger partial charge in [0.15, 0.2) is 11.2 Å². The van der Waals surface area contributed by atoms with Gasteiger partial charge in [0.05, 0.1) is 12.5 Å². The molecular formula is C12H19N6O4P. The number of nitrogens with two attached hydrogens (primary N) is 1. The van der Waals surface area contributed by atoms with Crippen molar-refractivity contribution in [1.29, 1.82) is 0 Å². The second kappa shape index (κ2) is 6.04. The molecule has 1 aliphatic heterocycles. The van der Waals surface area contributed by atoms with E-state index >= 15 is 0 Å². The molecule has 126 valence electrons. The van der Waals surface area contributed by atoms with Crippen LogP contribution in [0.5, 0.6) is 0 Å². The number of hydrogen-bond donors (Lipinski definition) is 4. The highest BCUT2D eigenvalue weighted by Crippen LogP contribution is 2.34. The Morgan fingerprint density at radius 2 is 2.26 bits per heavy atom. The minimum absolute atomic E-state index is 0.0361. The van der Waals surface area contributed by atoms with Crippen molar-refractivity contribution < 1.29 is 14.4 Å². The second-order valence-electron chi connectivity index (χ2n) is 5.74. The summed E-state index contributed by atoms with van der Waals surface area (Å²) in [6.07, 6.45) is 3.28. The maximum absolute atomic E-state index is 11.8. The van der Waals surface area contributed by atoms with Gasteiger partial charge in [0.1, 0.15) is 0 Å². The fourth-order valence-corrected chi connectivity index (χ4v) is 3.50. The number of H-pyrrole nitrogens is 1. The van der Waals surface area contributed by atoms with E-state index in [-0.39, 0.29) is 29.2 Å². The lowest BCUT2D eigenvalue weighted by Gasteiger charge is -2.24. The largest absolute Gasteiger partial charge is 0.369 e. The van der Waals surface area contributed by atoms with Crippen molar-refractivity contribution in [3.63, 3.8) is 0 Å². The molecule has 3 heterocycles. The Labute approximate surface area is 131 Å². The van der Waals surface area contributed by atoms with Crippen LogP contribution in [-0.2, 0) is 11.1 Å². The maximum atomic E-state index is 11.8. The smallest absolute Gasteiger partial charge is 0.326 e. The van der Waals surface area contributed by atoms with Crippen molar-refractivity contribution >= 4 is 24.7 Å². The van der Waals surface area contributed by atoms with Crippen LogP contribution < -0.4 is 11.3 Å². The Bertz CT molecular complexity index is 811. The number of nitrogens with zero attached hydrogens (tertiary/aromatic N) is 4. The number of fused-ring (bicyclic) bond motifs is 1. The number of hydrogen-bond acceptors (Lipinski definition) is 6. The standard InChI is InChI=1S/C12H19N6O4P/c13-12-15-10-9(11(19)16-12)14-7-18(10)6-8-2-1-3-17(8)4-5-23(20,21)22/h7-8H,1-6H2,(H2,20,21,22)(H3,13,15,16,19)/t8-/m1/s1.